The van der Waals surface area contributed by atoms with Crippen LogP contribution in [0.2, 0.25) is 0 Å². The molecule has 0 N–H and O–H groups in total. The number of sulfonamides is 1. The highest BCUT2D eigenvalue weighted by Gasteiger charge is 2.61. The summed E-state index contributed by atoms with van der Waals surface area (Å²) in [5, 5.41) is 0. The first-order chi connectivity index (χ1) is 12.6. The molecular formula is C16H27F2NO7S2. The number of hydrogen-bond acceptors (Lipinski definition) is 7. The van der Waals surface area contributed by atoms with E-state index in [4.69, 9.17) is 4.74 Å². The number of piperidine rings is 1. The van der Waals surface area contributed by atoms with Crippen LogP contribution in [0.3, 0.4) is 0 Å². The summed E-state index contributed by atoms with van der Waals surface area (Å²) in [6, 6.07) is 0. The van der Waals surface area contributed by atoms with Crippen molar-refractivity contribution < 1.29 is 39.9 Å². The molecule has 0 spiro atoms. The second kappa shape index (κ2) is 9.12. The van der Waals surface area contributed by atoms with E-state index >= 15 is 0 Å². The number of hydrogen-bond donors (Lipinski definition) is 0. The number of halogens is 2. The lowest BCUT2D eigenvalue weighted by Gasteiger charge is -2.30. The van der Waals surface area contributed by atoms with Crippen molar-refractivity contribution in [1.29, 1.82) is 0 Å². The fourth-order valence-corrected chi connectivity index (χ4v) is 6.49. The fraction of sp³-hybridized carbons (Fsp3) is 0.875. The van der Waals surface area contributed by atoms with Gasteiger partial charge in [-0.3, -0.25) is 9.59 Å². The molecule has 1 aliphatic rings. The topological polar surface area (TPSA) is 115 Å². The van der Waals surface area contributed by atoms with Crippen molar-refractivity contribution in [2.75, 3.05) is 18.8 Å². The highest BCUT2D eigenvalue weighted by molar-refractivity contribution is 8.08. The number of Topliss-reactive ketones (excluding diaryl/α,β-unsaturated/α-hetero) is 1. The van der Waals surface area contributed by atoms with Gasteiger partial charge in [0.15, 0.2) is 5.78 Å². The standard InChI is InChI=1S/C16H27F2NO7S2/c1-11(2)14(20)13(15(21)26-12(3)4)10-27(22,23)16(17,18)28(24,25)19-8-6-5-7-9-19/h11-13H,5-10H2,1-4H3. The molecule has 12 heteroatoms. The Balaban J connectivity index is 3.25. The van der Waals surface area contributed by atoms with Gasteiger partial charge in [-0.2, -0.15) is 13.1 Å². The van der Waals surface area contributed by atoms with E-state index in [2.05, 4.69) is 0 Å². The smallest absolute Gasteiger partial charge is 0.459 e. The Bertz CT molecular complexity index is 786. The predicted molar refractivity (Wildman–Crippen MR) is 97.6 cm³/mol. The summed E-state index contributed by atoms with van der Waals surface area (Å²) in [6.45, 7) is 5.20. The number of sulfone groups is 1. The second-order valence-electron chi connectivity index (χ2n) is 7.30. The second-order valence-corrected chi connectivity index (χ2v) is 11.6. The van der Waals surface area contributed by atoms with Gasteiger partial charge in [0.2, 0.25) is 9.84 Å². The molecule has 1 atom stereocenters. The lowest BCUT2D eigenvalue weighted by atomic mass is 9.97. The van der Waals surface area contributed by atoms with Crippen molar-refractivity contribution in [2.45, 2.75) is 57.6 Å². The molecule has 0 amide bonds. The van der Waals surface area contributed by atoms with E-state index in [1.165, 1.54) is 27.7 Å². The maximum atomic E-state index is 14.6. The molecule has 1 rings (SSSR count). The van der Waals surface area contributed by atoms with E-state index in [1.807, 2.05) is 0 Å². The van der Waals surface area contributed by atoms with Crippen LogP contribution >= 0.6 is 0 Å². The van der Waals surface area contributed by atoms with Crippen molar-refractivity contribution in [2.24, 2.45) is 11.8 Å². The molecule has 0 aromatic carbocycles. The molecule has 1 heterocycles. The van der Waals surface area contributed by atoms with Crippen molar-refractivity contribution in [3.63, 3.8) is 0 Å². The van der Waals surface area contributed by atoms with E-state index in [0.717, 1.165) is 0 Å². The van der Waals surface area contributed by atoms with Gasteiger partial charge in [0, 0.05) is 19.0 Å². The Kier molecular flexibility index (Phi) is 8.11. The third kappa shape index (κ3) is 5.26. The minimum absolute atomic E-state index is 0.211. The van der Waals surface area contributed by atoms with E-state index in [9.17, 15) is 35.2 Å². The summed E-state index contributed by atoms with van der Waals surface area (Å²) in [6.07, 6.45) is 0.612. The monoisotopic (exact) mass is 447 g/mol. The molecule has 1 fully saturated rings. The summed E-state index contributed by atoms with van der Waals surface area (Å²) < 4.78 is 78.6. The van der Waals surface area contributed by atoms with Crippen LogP contribution in [0.1, 0.15) is 47.0 Å². The van der Waals surface area contributed by atoms with Crippen LogP contribution in [0.15, 0.2) is 0 Å². The maximum Gasteiger partial charge on any atom is 0.459 e. The zero-order valence-electron chi connectivity index (χ0n) is 16.4. The van der Waals surface area contributed by atoms with Gasteiger partial charge in [-0.05, 0) is 26.7 Å². The largest absolute Gasteiger partial charge is 0.462 e. The van der Waals surface area contributed by atoms with Gasteiger partial charge in [-0.1, -0.05) is 20.3 Å². The van der Waals surface area contributed by atoms with Gasteiger partial charge in [0.05, 0.1) is 11.9 Å². The molecule has 8 nitrogen and oxygen atoms in total. The molecule has 0 bridgehead atoms. The Morgan fingerprint density at radius 2 is 1.50 bits per heavy atom. The molecule has 0 radical (unpaired) electrons. The van der Waals surface area contributed by atoms with E-state index in [0.29, 0.717) is 23.6 Å². The van der Waals surface area contributed by atoms with Crippen molar-refractivity contribution >= 4 is 31.6 Å². The Morgan fingerprint density at radius 3 is 1.93 bits per heavy atom. The van der Waals surface area contributed by atoms with E-state index in [-0.39, 0.29) is 13.1 Å². The number of ether oxygens (including phenoxy) is 1. The average molecular weight is 448 g/mol. The minimum atomic E-state index is -5.71. The van der Waals surface area contributed by atoms with Crippen LogP contribution in [0.5, 0.6) is 0 Å². The third-order valence-corrected chi connectivity index (χ3v) is 8.79. The molecule has 0 aromatic rings. The molecule has 28 heavy (non-hydrogen) atoms. The van der Waals surface area contributed by atoms with Gasteiger partial charge >= 0.3 is 10.6 Å². The molecular weight excluding hydrogens is 420 g/mol. The Labute approximate surface area is 164 Å². The minimum Gasteiger partial charge on any atom is -0.462 e. The number of nitrogens with zero attached hydrogens (tertiary/aromatic N) is 1. The van der Waals surface area contributed by atoms with Gasteiger partial charge in [-0.15, -0.1) is 0 Å². The quantitative estimate of drug-likeness (QED) is 0.389. The lowest BCUT2D eigenvalue weighted by molar-refractivity contribution is -0.155. The van der Waals surface area contributed by atoms with E-state index < -0.39 is 59.9 Å². The van der Waals surface area contributed by atoms with Crippen LogP contribution in [0, 0.1) is 11.8 Å². The van der Waals surface area contributed by atoms with Gasteiger partial charge in [0.1, 0.15) is 5.92 Å². The van der Waals surface area contributed by atoms with Crippen molar-refractivity contribution in [3.05, 3.63) is 0 Å². The summed E-state index contributed by atoms with van der Waals surface area (Å²) >= 11 is 0. The first-order valence-electron chi connectivity index (χ1n) is 8.99. The highest BCUT2D eigenvalue weighted by Crippen LogP contribution is 2.35. The molecule has 1 unspecified atom stereocenters. The zero-order chi connectivity index (χ0) is 21.9. The zero-order valence-corrected chi connectivity index (χ0v) is 18.0. The molecule has 1 aliphatic heterocycles. The number of carbonyl (C=O) groups excluding carboxylic acids is 2. The SMILES string of the molecule is CC(C)OC(=O)C(CS(=O)(=O)C(F)(F)S(=O)(=O)N1CCCCC1)C(=O)C(C)C. The number of ketones is 1. The van der Waals surface area contributed by atoms with Crippen LogP contribution in [-0.4, -0.2) is 62.4 Å². The summed E-state index contributed by atoms with van der Waals surface area (Å²) in [7, 11) is -11.2. The van der Waals surface area contributed by atoms with Crippen LogP contribution in [-0.2, 0) is 34.2 Å². The Morgan fingerprint density at radius 1 is 1.00 bits per heavy atom. The molecule has 0 saturated carbocycles. The highest BCUT2D eigenvalue weighted by atomic mass is 32.3. The summed E-state index contributed by atoms with van der Waals surface area (Å²) in [5.41, 5.74) is 0. The Hall–Kier alpha value is -1.14. The molecule has 164 valence electrons. The van der Waals surface area contributed by atoms with Crippen molar-refractivity contribution in [3.8, 4) is 0 Å². The summed E-state index contributed by atoms with van der Waals surface area (Å²) in [4.78, 5) is 24.4. The van der Waals surface area contributed by atoms with Gasteiger partial charge in [0.25, 0.3) is 10.0 Å². The summed E-state index contributed by atoms with van der Waals surface area (Å²) in [5.74, 6) is -6.71. The predicted octanol–water partition coefficient (Wildman–Crippen LogP) is 1.56. The van der Waals surface area contributed by atoms with E-state index in [1.54, 1.807) is 0 Å². The molecule has 0 aliphatic carbocycles. The van der Waals surface area contributed by atoms with Crippen LogP contribution < -0.4 is 0 Å². The fourth-order valence-electron chi connectivity index (χ4n) is 2.72. The number of esters is 1. The lowest BCUT2D eigenvalue weighted by Crippen LogP contribution is -2.51. The number of rotatable bonds is 9. The van der Waals surface area contributed by atoms with Crippen LogP contribution in [0.4, 0.5) is 8.78 Å². The maximum absolute atomic E-state index is 14.6. The molecule has 1 saturated heterocycles. The van der Waals surface area contributed by atoms with Gasteiger partial charge < -0.3 is 4.74 Å². The first-order valence-corrected chi connectivity index (χ1v) is 12.1. The number of alkyl halides is 2. The van der Waals surface area contributed by atoms with Crippen molar-refractivity contribution in [1.82, 2.24) is 4.31 Å². The van der Waals surface area contributed by atoms with Crippen LogP contribution in [0.25, 0.3) is 0 Å². The molecule has 0 aromatic heterocycles. The average Bonchev–Trinajstić information content (AvgIpc) is 2.58. The third-order valence-electron chi connectivity index (χ3n) is 4.25. The number of carbonyl (C=O) groups is 2. The first kappa shape index (κ1) is 24.9. The van der Waals surface area contributed by atoms with Gasteiger partial charge in [-0.25, -0.2) is 16.8 Å². The normalized spacial score (nSPS) is 18.3.